The molecule has 230 valence electrons. The van der Waals surface area contributed by atoms with Gasteiger partial charge >= 0.3 is 18.1 Å². The zero-order chi connectivity index (χ0) is 32.1. The lowest BCUT2D eigenvalue weighted by Gasteiger charge is -2.07. The number of halogens is 3. The van der Waals surface area contributed by atoms with Gasteiger partial charge in [0.05, 0.1) is 18.4 Å². The van der Waals surface area contributed by atoms with Crippen LogP contribution in [0.5, 0.6) is 0 Å². The number of rotatable bonds is 10. The molecule has 1 amide bonds. The number of nitrogens with one attached hydrogen (secondary N) is 1. The van der Waals surface area contributed by atoms with Crippen LogP contribution in [-0.4, -0.2) is 46.5 Å². The molecule has 0 saturated carbocycles. The van der Waals surface area contributed by atoms with E-state index < -0.39 is 12.1 Å². The number of hydrogen-bond donors (Lipinski definition) is 3. The number of nitrogens with two attached hydrogens (primary N) is 1. The molecule has 3 aromatic carbocycles. The molecule has 0 aliphatic heterocycles. The lowest BCUT2D eigenvalue weighted by atomic mass is 10.0. The van der Waals surface area contributed by atoms with Gasteiger partial charge in [0.2, 0.25) is 0 Å². The molecule has 9 nitrogen and oxygen atoms in total. The van der Waals surface area contributed by atoms with Gasteiger partial charge in [-0.15, -0.1) is 0 Å². The molecule has 0 unspecified atom stereocenters. The van der Waals surface area contributed by atoms with E-state index in [1.54, 1.807) is 25.3 Å². The molecule has 0 saturated heterocycles. The highest BCUT2D eigenvalue weighted by Crippen LogP contribution is 2.20. The summed E-state index contributed by atoms with van der Waals surface area (Å²) in [7, 11) is 0. The number of alkyl halides is 3. The Morgan fingerprint density at radius 3 is 2.23 bits per heavy atom. The average Bonchev–Trinajstić information content (AvgIpc) is 3.39. The third kappa shape index (κ3) is 10.2. The third-order valence-electron chi connectivity index (χ3n) is 6.15. The molecule has 4 aromatic rings. The van der Waals surface area contributed by atoms with Crippen molar-refractivity contribution < 1.29 is 37.4 Å². The van der Waals surface area contributed by atoms with E-state index in [4.69, 9.17) is 20.5 Å². The summed E-state index contributed by atoms with van der Waals surface area (Å²) in [5.41, 5.74) is 5.98. The predicted octanol–water partition coefficient (Wildman–Crippen LogP) is 5.16. The van der Waals surface area contributed by atoms with Gasteiger partial charge in [-0.3, -0.25) is 4.79 Å². The predicted molar refractivity (Wildman–Crippen MR) is 158 cm³/mol. The van der Waals surface area contributed by atoms with E-state index in [2.05, 4.69) is 10.4 Å². The monoisotopic (exact) mass is 608 g/mol. The van der Waals surface area contributed by atoms with Crippen molar-refractivity contribution in [2.75, 3.05) is 6.61 Å². The zero-order valence-corrected chi connectivity index (χ0v) is 23.8. The summed E-state index contributed by atoms with van der Waals surface area (Å²) in [6.45, 7) is 3.15. The summed E-state index contributed by atoms with van der Waals surface area (Å²) in [4.78, 5) is 34.1. The number of carbonyl (C=O) groups is 3. The Hall–Kier alpha value is -5.39. The van der Waals surface area contributed by atoms with Gasteiger partial charge in [0.25, 0.3) is 5.91 Å². The SMILES string of the molecule is CCOC(=O)c1cn(Cc2cccc(/C=N\N)c2)cc1Cc1ccc(C(=O)NCc2ccccc2)cc1.O=C(O)C(F)(F)F. The van der Waals surface area contributed by atoms with Crippen LogP contribution in [0.4, 0.5) is 13.2 Å². The molecule has 4 N–H and O–H groups in total. The summed E-state index contributed by atoms with van der Waals surface area (Å²) >= 11 is 0. The number of hydrazone groups is 1. The Balaban J connectivity index is 0.000000676. The second-order valence-electron chi connectivity index (χ2n) is 9.46. The van der Waals surface area contributed by atoms with Crippen molar-refractivity contribution in [3.63, 3.8) is 0 Å². The largest absolute Gasteiger partial charge is 0.490 e. The molecule has 0 aliphatic rings. The minimum absolute atomic E-state index is 0.129. The normalized spacial score (nSPS) is 11.0. The number of esters is 1. The van der Waals surface area contributed by atoms with Crippen LogP contribution >= 0.6 is 0 Å². The molecule has 4 rings (SSSR count). The molecule has 0 radical (unpaired) electrons. The maximum Gasteiger partial charge on any atom is 0.490 e. The highest BCUT2D eigenvalue weighted by atomic mass is 19.4. The number of amides is 1. The number of carboxylic acid groups (broad SMARTS) is 1. The molecule has 44 heavy (non-hydrogen) atoms. The van der Waals surface area contributed by atoms with E-state index in [0.717, 1.165) is 27.8 Å². The van der Waals surface area contributed by atoms with E-state index in [1.165, 1.54) is 0 Å². The van der Waals surface area contributed by atoms with E-state index in [0.29, 0.717) is 37.2 Å². The maximum atomic E-state index is 12.7. The molecular weight excluding hydrogens is 577 g/mol. The van der Waals surface area contributed by atoms with Gasteiger partial charge in [-0.25, -0.2) is 9.59 Å². The van der Waals surface area contributed by atoms with Crippen molar-refractivity contribution in [1.82, 2.24) is 9.88 Å². The van der Waals surface area contributed by atoms with Crippen molar-refractivity contribution in [2.24, 2.45) is 10.9 Å². The van der Waals surface area contributed by atoms with Crippen LogP contribution < -0.4 is 11.2 Å². The number of carbonyl (C=O) groups excluding carboxylic acids is 2. The Morgan fingerprint density at radius 1 is 0.955 bits per heavy atom. The fourth-order valence-electron chi connectivity index (χ4n) is 4.12. The molecule has 0 aliphatic carbocycles. The molecular formula is C32H31F3N4O5. The van der Waals surface area contributed by atoms with Crippen molar-refractivity contribution >= 4 is 24.1 Å². The zero-order valence-electron chi connectivity index (χ0n) is 23.8. The number of aliphatic carboxylic acids is 1. The van der Waals surface area contributed by atoms with Gasteiger partial charge in [-0.2, -0.15) is 18.3 Å². The highest BCUT2D eigenvalue weighted by molar-refractivity contribution is 5.94. The van der Waals surface area contributed by atoms with Crippen molar-refractivity contribution in [1.29, 1.82) is 0 Å². The summed E-state index contributed by atoms with van der Waals surface area (Å²) in [6.07, 6.45) is 0.839. The van der Waals surface area contributed by atoms with Gasteiger partial charge in [0, 0.05) is 31.0 Å². The second kappa shape index (κ2) is 15.7. The number of benzene rings is 3. The number of nitrogens with zero attached hydrogens (tertiary/aromatic N) is 2. The first-order valence-electron chi connectivity index (χ1n) is 13.4. The summed E-state index contributed by atoms with van der Waals surface area (Å²) in [5, 5.41) is 13.7. The summed E-state index contributed by atoms with van der Waals surface area (Å²) in [6, 6.07) is 25.1. The molecule has 0 bridgehead atoms. The first-order valence-corrected chi connectivity index (χ1v) is 13.4. The average molecular weight is 609 g/mol. The lowest BCUT2D eigenvalue weighted by molar-refractivity contribution is -0.192. The fraction of sp³-hybridized carbons (Fsp3) is 0.188. The number of ether oxygens (including phenoxy) is 1. The minimum atomic E-state index is -5.08. The van der Waals surface area contributed by atoms with Gasteiger partial charge in [0.1, 0.15) is 0 Å². The lowest BCUT2D eigenvalue weighted by Crippen LogP contribution is -2.22. The number of carboxylic acids is 1. The van der Waals surface area contributed by atoms with Gasteiger partial charge in [-0.1, -0.05) is 60.7 Å². The van der Waals surface area contributed by atoms with Crippen LogP contribution in [0.25, 0.3) is 0 Å². The van der Waals surface area contributed by atoms with Crippen LogP contribution in [0.15, 0.2) is 96.4 Å². The number of aromatic nitrogens is 1. The Kier molecular flexibility index (Phi) is 11.8. The molecule has 1 aromatic heterocycles. The topological polar surface area (TPSA) is 136 Å². The summed E-state index contributed by atoms with van der Waals surface area (Å²) < 4.78 is 39.0. The first-order chi connectivity index (χ1) is 21.0. The van der Waals surface area contributed by atoms with Crippen molar-refractivity contribution in [3.05, 3.63) is 130 Å². The molecule has 0 atom stereocenters. The Morgan fingerprint density at radius 2 is 1.61 bits per heavy atom. The quantitative estimate of drug-likeness (QED) is 0.0985. The van der Waals surface area contributed by atoms with E-state index >= 15 is 0 Å². The number of hydrogen-bond acceptors (Lipinski definition) is 6. The first kappa shape index (κ1) is 33.1. The molecule has 12 heteroatoms. The highest BCUT2D eigenvalue weighted by Gasteiger charge is 2.38. The Bertz CT molecular complexity index is 1580. The van der Waals surface area contributed by atoms with Crippen LogP contribution in [0.1, 0.15) is 55.5 Å². The van der Waals surface area contributed by atoms with Crippen molar-refractivity contribution in [2.45, 2.75) is 32.6 Å². The van der Waals surface area contributed by atoms with Crippen molar-refractivity contribution in [3.8, 4) is 0 Å². The fourth-order valence-corrected chi connectivity index (χ4v) is 4.12. The van der Waals surface area contributed by atoms with Crippen LogP contribution in [0, 0.1) is 0 Å². The van der Waals surface area contributed by atoms with Crippen LogP contribution in [0.3, 0.4) is 0 Å². The second-order valence-corrected chi connectivity index (χ2v) is 9.46. The van der Waals surface area contributed by atoms with Gasteiger partial charge in [-0.05, 0) is 59.4 Å². The summed E-state index contributed by atoms with van der Waals surface area (Å²) in [5.74, 6) is 2.04. The smallest absolute Gasteiger partial charge is 0.475 e. The Labute approximate surface area is 251 Å². The van der Waals surface area contributed by atoms with Gasteiger partial charge < -0.3 is 25.6 Å². The maximum absolute atomic E-state index is 12.7. The van der Waals surface area contributed by atoms with E-state index in [9.17, 15) is 22.8 Å². The van der Waals surface area contributed by atoms with Crippen LogP contribution in [-0.2, 0) is 29.0 Å². The minimum Gasteiger partial charge on any atom is -0.475 e. The molecule has 0 spiro atoms. The van der Waals surface area contributed by atoms with E-state index in [1.807, 2.05) is 83.7 Å². The molecule has 0 fully saturated rings. The molecule has 1 heterocycles. The third-order valence-corrected chi connectivity index (χ3v) is 6.15. The van der Waals surface area contributed by atoms with Crippen LogP contribution in [0.2, 0.25) is 0 Å². The standard InChI is InChI=1S/C30H30N4O3.C2HF3O2/c1-2-37-30(36)28-21-34(19-25-10-6-9-24(15-25)18-33-31)20-27(28)16-22-11-13-26(14-12-22)29(35)32-17-23-7-4-3-5-8-23;3-2(4,5)1(6)7/h3-15,18,20-21H,2,16-17,19,31H2,1H3,(H,32,35);(H,6,7)/b33-18-;. The van der Waals surface area contributed by atoms with E-state index in [-0.39, 0.29) is 11.9 Å². The van der Waals surface area contributed by atoms with Gasteiger partial charge in [0.15, 0.2) is 0 Å².